The van der Waals surface area contributed by atoms with Crippen LogP contribution in [0.3, 0.4) is 0 Å². The minimum absolute atomic E-state index is 0.0102. The minimum atomic E-state index is -0.673. The Labute approximate surface area is 182 Å². The number of rotatable bonds is 4. The molecule has 8 heteroatoms. The highest BCUT2D eigenvalue weighted by atomic mass is 16.2. The Morgan fingerprint density at radius 3 is 2.42 bits per heavy atom. The van der Waals surface area contributed by atoms with Gasteiger partial charge in [-0.25, -0.2) is 9.79 Å². The zero-order chi connectivity index (χ0) is 22.7. The molecule has 1 aromatic carbocycles. The van der Waals surface area contributed by atoms with Gasteiger partial charge < -0.3 is 14.7 Å². The Bertz CT molecular complexity index is 994. The van der Waals surface area contributed by atoms with E-state index in [9.17, 15) is 14.4 Å². The number of guanidine groups is 1. The number of aliphatic imine (C=N–C) groups is 1. The number of hydrogen-bond donors (Lipinski definition) is 0. The maximum absolute atomic E-state index is 13.4. The second-order valence-corrected chi connectivity index (χ2v) is 9.41. The van der Waals surface area contributed by atoms with Crippen LogP contribution in [-0.2, 0) is 9.59 Å². The topological polar surface area (TPSA) is 76.5 Å². The number of urea groups is 1. The van der Waals surface area contributed by atoms with Gasteiger partial charge in [-0.1, -0.05) is 51.1 Å². The van der Waals surface area contributed by atoms with E-state index in [4.69, 9.17) is 4.99 Å². The molecular weight excluding hydrogens is 394 g/mol. The molecule has 8 nitrogen and oxygen atoms in total. The Hall–Kier alpha value is -3.16. The molecule has 3 amide bonds. The van der Waals surface area contributed by atoms with Crippen LogP contribution in [0.15, 0.2) is 47.2 Å². The number of likely N-dealkylation sites (N-methyl/N-ethyl adjacent to an activating group) is 1. The third-order valence-corrected chi connectivity index (χ3v) is 6.24. The number of carbonyl (C=O) groups is 3. The average Bonchev–Trinajstić information content (AvgIpc) is 3.23. The predicted octanol–water partition coefficient (Wildman–Crippen LogP) is 2.80. The second-order valence-electron chi connectivity index (χ2n) is 9.41. The van der Waals surface area contributed by atoms with Crippen LogP contribution < -0.4 is 0 Å². The number of nitrogens with zero attached hydrogens (tertiary/aromatic N) is 5. The summed E-state index contributed by atoms with van der Waals surface area (Å²) in [5, 5.41) is 0. The zero-order valence-corrected chi connectivity index (χ0v) is 18.9. The standard InChI is InChI=1S/C23H29N5O3/c1-14-12-26-18-19(24-21(26)28(14)15(2)16-10-8-7-9-11-16)25(6)22(31)27(20(18)30)13-17(29)23(3,4)5/h7-12,15,18-19H,13H2,1-6H3. The molecule has 3 aliphatic heterocycles. The van der Waals surface area contributed by atoms with Crippen molar-refractivity contribution in [2.45, 2.75) is 52.9 Å². The number of Topliss-reactive ketones (excluding diaryl/α,β-unsaturated/α-hetero) is 1. The highest BCUT2D eigenvalue weighted by molar-refractivity contribution is 6.07. The Morgan fingerprint density at radius 2 is 1.81 bits per heavy atom. The molecule has 31 heavy (non-hydrogen) atoms. The van der Waals surface area contributed by atoms with E-state index in [1.807, 2.05) is 36.2 Å². The van der Waals surface area contributed by atoms with Crippen molar-refractivity contribution in [1.82, 2.24) is 19.6 Å². The van der Waals surface area contributed by atoms with Crippen molar-refractivity contribution in [2.75, 3.05) is 13.6 Å². The summed E-state index contributed by atoms with van der Waals surface area (Å²) >= 11 is 0. The zero-order valence-electron chi connectivity index (χ0n) is 18.9. The lowest BCUT2D eigenvalue weighted by molar-refractivity contribution is -0.141. The first-order chi connectivity index (χ1) is 14.5. The maximum Gasteiger partial charge on any atom is 0.328 e. The van der Waals surface area contributed by atoms with E-state index in [-0.39, 0.29) is 24.3 Å². The van der Waals surface area contributed by atoms with E-state index in [0.717, 1.165) is 16.2 Å². The number of carbonyl (C=O) groups excluding carboxylic acids is 3. The van der Waals surface area contributed by atoms with Gasteiger partial charge in [0.25, 0.3) is 5.91 Å². The average molecular weight is 424 g/mol. The lowest BCUT2D eigenvalue weighted by Gasteiger charge is -2.40. The van der Waals surface area contributed by atoms with Crippen LogP contribution in [-0.4, -0.2) is 69.1 Å². The van der Waals surface area contributed by atoms with Crippen LogP contribution in [0.25, 0.3) is 0 Å². The molecule has 3 aliphatic rings. The fraction of sp³-hybridized carbons (Fsp3) is 0.478. The molecule has 0 bridgehead atoms. The minimum Gasteiger partial charge on any atom is -0.308 e. The summed E-state index contributed by atoms with van der Waals surface area (Å²) in [6.07, 6.45) is 1.29. The molecule has 3 atom stereocenters. The summed E-state index contributed by atoms with van der Waals surface area (Å²) in [6, 6.07) is 8.93. The number of fused-ring (bicyclic) bond motifs is 3. The predicted molar refractivity (Wildman–Crippen MR) is 117 cm³/mol. The van der Waals surface area contributed by atoms with Crippen LogP contribution in [0.5, 0.6) is 0 Å². The Balaban J connectivity index is 1.64. The summed E-state index contributed by atoms with van der Waals surface area (Å²) in [5.74, 6) is 0.108. The first-order valence-corrected chi connectivity index (χ1v) is 10.5. The number of ketones is 1. The molecule has 4 rings (SSSR count). The van der Waals surface area contributed by atoms with Crippen LogP contribution >= 0.6 is 0 Å². The summed E-state index contributed by atoms with van der Waals surface area (Å²) in [5.41, 5.74) is 1.46. The molecule has 3 heterocycles. The van der Waals surface area contributed by atoms with E-state index in [0.29, 0.717) is 5.96 Å². The third-order valence-electron chi connectivity index (χ3n) is 6.24. The van der Waals surface area contributed by atoms with Gasteiger partial charge in [0.05, 0.1) is 12.6 Å². The molecule has 3 unspecified atom stereocenters. The van der Waals surface area contributed by atoms with E-state index < -0.39 is 23.7 Å². The van der Waals surface area contributed by atoms with Crippen LogP contribution in [0, 0.1) is 5.41 Å². The molecule has 0 N–H and O–H groups in total. The monoisotopic (exact) mass is 423 g/mol. The summed E-state index contributed by atoms with van der Waals surface area (Å²) < 4.78 is 0. The van der Waals surface area contributed by atoms with Gasteiger partial charge in [0.2, 0.25) is 5.96 Å². The van der Waals surface area contributed by atoms with Crippen LogP contribution in [0.2, 0.25) is 0 Å². The van der Waals surface area contributed by atoms with E-state index in [1.165, 1.54) is 4.90 Å². The van der Waals surface area contributed by atoms with Crippen molar-refractivity contribution in [1.29, 1.82) is 0 Å². The summed E-state index contributed by atoms with van der Waals surface area (Å²) in [7, 11) is 1.63. The van der Waals surface area contributed by atoms with E-state index >= 15 is 0 Å². The summed E-state index contributed by atoms with van der Waals surface area (Å²) in [4.78, 5) is 50.1. The van der Waals surface area contributed by atoms with Gasteiger partial charge in [-0.2, -0.15) is 0 Å². The molecule has 1 aromatic rings. The number of allylic oxidation sites excluding steroid dienone is 1. The highest BCUT2D eigenvalue weighted by Gasteiger charge is 2.55. The molecular formula is C23H29N5O3. The third kappa shape index (κ3) is 3.30. The smallest absolute Gasteiger partial charge is 0.308 e. The van der Waals surface area contributed by atoms with Gasteiger partial charge in [0.1, 0.15) is 0 Å². The fourth-order valence-corrected chi connectivity index (χ4v) is 4.26. The van der Waals surface area contributed by atoms with E-state index in [2.05, 4.69) is 24.0 Å². The Kier molecular flexibility index (Phi) is 4.91. The molecule has 1 fully saturated rings. The van der Waals surface area contributed by atoms with Crippen molar-refractivity contribution in [2.24, 2.45) is 10.4 Å². The van der Waals surface area contributed by atoms with Crippen molar-refractivity contribution < 1.29 is 14.4 Å². The first kappa shape index (κ1) is 21.1. The van der Waals surface area contributed by atoms with Gasteiger partial charge in [-0.05, 0) is 19.4 Å². The molecule has 0 aliphatic carbocycles. The molecule has 0 saturated carbocycles. The first-order valence-electron chi connectivity index (χ1n) is 10.5. The molecule has 164 valence electrons. The lowest BCUT2D eigenvalue weighted by Crippen LogP contribution is -2.65. The van der Waals surface area contributed by atoms with Crippen LogP contribution in [0.1, 0.15) is 46.2 Å². The van der Waals surface area contributed by atoms with E-state index in [1.54, 1.807) is 27.8 Å². The van der Waals surface area contributed by atoms with Crippen molar-refractivity contribution >= 4 is 23.7 Å². The SMILES string of the molecule is CC1=CN2C(=NC3C2C(=O)N(CC(=O)C(C)(C)C)C(=O)N3C)N1C(C)c1ccccc1. The van der Waals surface area contributed by atoms with Gasteiger partial charge in [0.15, 0.2) is 18.0 Å². The maximum atomic E-state index is 13.4. The van der Waals surface area contributed by atoms with Crippen molar-refractivity contribution in [3.05, 3.63) is 47.8 Å². The number of imide groups is 1. The van der Waals surface area contributed by atoms with Crippen LogP contribution in [0.4, 0.5) is 4.79 Å². The largest absolute Gasteiger partial charge is 0.328 e. The quantitative estimate of drug-likeness (QED) is 0.744. The molecule has 0 radical (unpaired) electrons. The van der Waals surface area contributed by atoms with Gasteiger partial charge in [0, 0.05) is 24.4 Å². The van der Waals surface area contributed by atoms with Gasteiger partial charge >= 0.3 is 6.03 Å². The lowest BCUT2D eigenvalue weighted by atomic mass is 9.90. The highest BCUT2D eigenvalue weighted by Crippen LogP contribution is 2.38. The molecule has 1 saturated heterocycles. The molecule has 0 aromatic heterocycles. The second kappa shape index (κ2) is 7.21. The number of amides is 3. The van der Waals surface area contributed by atoms with Gasteiger partial charge in [-0.15, -0.1) is 0 Å². The van der Waals surface area contributed by atoms with Crippen molar-refractivity contribution in [3.8, 4) is 0 Å². The normalized spacial score (nSPS) is 24.2. The van der Waals surface area contributed by atoms with Gasteiger partial charge in [-0.3, -0.25) is 14.5 Å². The fourth-order valence-electron chi connectivity index (χ4n) is 4.26. The Morgan fingerprint density at radius 1 is 1.16 bits per heavy atom. The van der Waals surface area contributed by atoms with Crippen molar-refractivity contribution in [3.63, 3.8) is 0 Å². The number of benzene rings is 1. The molecule has 0 spiro atoms. The summed E-state index contributed by atoms with van der Waals surface area (Å²) in [6.45, 7) is 9.20. The number of hydrogen-bond acceptors (Lipinski definition) is 6.